The zero-order chi connectivity index (χ0) is 14.3. The van der Waals surface area contributed by atoms with E-state index in [9.17, 15) is 13.2 Å². The lowest BCUT2D eigenvalue weighted by Crippen LogP contribution is -2.50. The van der Waals surface area contributed by atoms with Gasteiger partial charge in [0.25, 0.3) is 0 Å². The number of carbonyl (C=O) groups excluding carboxylic acids is 1. The molecule has 5 N–H and O–H groups in total. The van der Waals surface area contributed by atoms with E-state index >= 15 is 0 Å². The molecular formula is C9H20N4O4S. The van der Waals surface area contributed by atoms with Crippen molar-refractivity contribution in [2.24, 2.45) is 5.73 Å². The van der Waals surface area contributed by atoms with Crippen LogP contribution in [-0.2, 0) is 14.9 Å². The molecule has 9 heteroatoms. The van der Waals surface area contributed by atoms with Gasteiger partial charge in [0.05, 0.1) is 12.1 Å². The Balaban J connectivity index is 4.54. The number of rotatable bonds is 7. The molecule has 18 heavy (non-hydrogen) atoms. The van der Waals surface area contributed by atoms with Gasteiger partial charge in [-0.05, 0) is 20.3 Å². The number of nitrogens with one attached hydrogen (secondary N) is 3. The van der Waals surface area contributed by atoms with Gasteiger partial charge in [-0.1, -0.05) is 13.3 Å². The first-order valence-electron chi connectivity index (χ1n) is 5.52. The van der Waals surface area contributed by atoms with E-state index in [-0.39, 0.29) is 5.84 Å². The monoisotopic (exact) mass is 280 g/mol. The molecule has 1 amide bonds. The number of amidine groups is 1. The fourth-order valence-electron chi connectivity index (χ4n) is 1.13. The number of ether oxygens (including phenoxy) is 1. The Morgan fingerprint density at radius 2 is 2.00 bits per heavy atom. The minimum Gasteiger partial charge on any atom is -0.446 e. The SMILES string of the molecule is CCCC(NS(=O)(=O)NC(=O)OC(C)C)C(=N)N. The molecule has 0 aromatic rings. The molecule has 106 valence electrons. The summed E-state index contributed by atoms with van der Waals surface area (Å²) in [6.45, 7) is 5.01. The van der Waals surface area contributed by atoms with E-state index in [1.807, 2.05) is 6.92 Å². The summed E-state index contributed by atoms with van der Waals surface area (Å²) in [5.74, 6) is -0.306. The van der Waals surface area contributed by atoms with E-state index in [1.54, 1.807) is 18.6 Å². The number of nitrogens with two attached hydrogens (primary N) is 1. The van der Waals surface area contributed by atoms with Gasteiger partial charge in [-0.15, -0.1) is 0 Å². The van der Waals surface area contributed by atoms with E-state index < -0.39 is 28.4 Å². The molecule has 8 nitrogen and oxygen atoms in total. The summed E-state index contributed by atoms with van der Waals surface area (Å²) in [6.07, 6.45) is -0.491. The summed E-state index contributed by atoms with van der Waals surface area (Å²) in [5.41, 5.74) is 5.25. The van der Waals surface area contributed by atoms with E-state index in [1.165, 1.54) is 0 Å². The van der Waals surface area contributed by atoms with E-state index in [0.29, 0.717) is 12.8 Å². The maximum absolute atomic E-state index is 11.5. The van der Waals surface area contributed by atoms with Crippen LogP contribution in [0.3, 0.4) is 0 Å². The Morgan fingerprint density at radius 1 is 1.44 bits per heavy atom. The summed E-state index contributed by atoms with van der Waals surface area (Å²) in [4.78, 5) is 11.1. The van der Waals surface area contributed by atoms with Crippen LogP contribution in [0.2, 0.25) is 0 Å². The third kappa shape index (κ3) is 7.07. The van der Waals surface area contributed by atoms with Gasteiger partial charge in [0, 0.05) is 0 Å². The van der Waals surface area contributed by atoms with Crippen LogP contribution >= 0.6 is 0 Å². The van der Waals surface area contributed by atoms with Crippen molar-refractivity contribution in [3.05, 3.63) is 0 Å². The molecule has 0 spiro atoms. The Labute approximate surface area is 107 Å². The first-order chi connectivity index (χ1) is 8.18. The van der Waals surface area contributed by atoms with E-state index in [0.717, 1.165) is 0 Å². The van der Waals surface area contributed by atoms with Crippen LogP contribution in [0.4, 0.5) is 4.79 Å². The highest BCUT2D eigenvalue weighted by atomic mass is 32.2. The molecule has 0 saturated heterocycles. The number of hydrogen-bond donors (Lipinski definition) is 4. The van der Waals surface area contributed by atoms with Gasteiger partial charge in [-0.25, -0.2) is 9.52 Å². The van der Waals surface area contributed by atoms with Gasteiger partial charge in [-0.2, -0.15) is 13.1 Å². The van der Waals surface area contributed by atoms with Crippen molar-refractivity contribution in [2.45, 2.75) is 45.8 Å². The maximum Gasteiger partial charge on any atom is 0.422 e. The third-order valence-electron chi connectivity index (χ3n) is 1.81. The van der Waals surface area contributed by atoms with Gasteiger partial charge in [-0.3, -0.25) is 5.41 Å². The van der Waals surface area contributed by atoms with Crippen LogP contribution in [-0.4, -0.2) is 32.5 Å². The van der Waals surface area contributed by atoms with Crippen molar-refractivity contribution >= 4 is 22.1 Å². The minimum absolute atomic E-state index is 0.306. The Bertz CT molecular complexity index is 393. The lowest BCUT2D eigenvalue weighted by molar-refractivity contribution is 0.121. The van der Waals surface area contributed by atoms with Gasteiger partial charge < -0.3 is 10.5 Å². The summed E-state index contributed by atoms with van der Waals surface area (Å²) < 4.78 is 31.5. The number of amides is 1. The zero-order valence-corrected chi connectivity index (χ0v) is 11.5. The normalized spacial score (nSPS) is 13.1. The average molecular weight is 280 g/mol. The molecule has 0 rings (SSSR count). The smallest absolute Gasteiger partial charge is 0.422 e. The molecule has 0 radical (unpaired) electrons. The molecule has 0 heterocycles. The van der Waals surface area contributed by atoms with Crippen LogP contribution < -0.4 is 15.2 Å². The van der Waals surface area contributed by atoms with Crippen molar-refractivity contribution in [3.63, 3.8) is 0 Å². The highest BCUT2D eigenvalue weighted by molar-refractivity contribution is 7.88. The maximum atomic E-state index is 11.5. The number of carbonyl (C=O) groups is 1. The second kappa shape index (κ2) is 7.17. The second-order valence-electron chi connectivity index (χ2n) is 3.97. The quantitative estimate of drug-likeness (QED) is 0.386. The zero-order valence-electron chi connectivity index (χ0n) is 10.7. The lowest BCUT2D eigenvalue weighted by Gasteiger charge is -2.17. The van der Waals surface area contributed by atoms with Crippen molar-refractivity contribution in [1.29, 1.82) is 5.41 Å². The van der Waals surface area contributed by atoms with Crippen molar-refractivity contribution in [1.82, 2.24) is 9.44 Å². The molecule has 0 aromatic carbocycles. The molecular weight excluding hydrogens is 260 g/mol. The summed E-state index contributed by atoms with van der Waals surface area (Å²) in [5, 5.41) is 7.24. The second-order valence-corrected chi connectivity index (χ2v) is 5.42. The average Bonchev–Trinajstić information content (AvgIpc) is 2.13. The van der Waals surface area contributed by atoms with E-state index in [4.69, 9.17) is 11.1 Å². The largest absolute Gasteiger partial charge is 0.446 e. The highest BCUT2D eigenvalue weighted by Crippen LogP contribution is 1.98. The van der Waals surface area contributed by atoms with Crippen molar-refractivity contribution in [2.75, 3.05) is 0 Å². The lowest BCUT2D eigenvalue weighted by atomic mass is 10.2. The van der Waals surface area contributed by atoms with Crippen molar-refractivity contribution < 1.29 is 17.9 Å². The predicted octanol–water partition coefficient (Wildman–Crippen LogP) is 0.0601. The van der Waals surface area contributed by atoms with Crippen LogP contribution in [0, 0.1) is 5.41 Å². The first-order valence-corrected chi connectivity index (χ1v) is 7.00. The van der Waals surface area contributed by atoms with Crippen molar-refractivity contribution in [3.8, 4) is 0 Å². The summed E-state index contributed by atoms with van der Waals surface area (Å²) in [7, 11) is -4.09. The molecule has 0 bridgehead atoms. The molecule has 0 aliphatic carbocycles. The van der Waals surface area contributed by atoms with Gasteiger partial charge in [0.15, 0.2) is 0 Å². The summed E-state index contributed by atoms with van der Waals surface area (Å²) in [6, 6.07) is -0.834. The standard InChI is InChI=1S/C9H20N4O4S/c1-4-5-7(8(10)11)12-18(15,16)13-9(14)17-6(2)3/h6-7,12H,4-5H2,1-3H3,(H3,10,11)(H,13,14). The molecule has 1 atom stereocenters. The Kier molecular flexibility index (Phi) is 6.63. The van der Waals surface area contributed by atoms with Crippen LogP contribution in [0.5, 0.6) is 0 Å². The molecule has 0 fully saturated rings. The summed E-state index contributed by atoms with van der Waals surface area (Å²) >= 11 is 0. The topological polar surface area (TPSA) is 134 Å². The minimum atomic E-state index is -4.09. The number of hydrogen-bond acceptors (Lipinski definition) is 5. The molecule has 0 saturated carbocycles. The molecule has 1 unspecified atom stereocenters. The van der Waals surface area contributed by atoms with E-state index in [2.05, 4.69) is 9.46 Å². The molecule has 0 aliphatic rings. The first kappa shape index (κ1) is 16.6. The van der Waals surface area contributed by atoms with Crippen LogP contribution in [0.25, 0.3) is 0 Å². The fourth-order valence-corrected chi connectivity index (χ4v) is 2.08. The van der Waals surface area contributed by atoms with Gasteiger partial charge in [0.2, 0.25) is 0 Å². The Morgan fingerprint density at radius 3 is 2.39 bits per heavy atom. The molecule has 0 aromatic heterocycles. The third-order valence-corrected chi connectivity index (χ3v) is 2.84. The van der Waals surface area contributed by atoms with Crippen LogP contribution in [0.1, 0.15) is 33.6 Å². The van der Waals surface area contributed by atoms with Crippen LogP contribution in [0.15, 0.2) is 0 Å². The van der Waals surface area contributed by atoms with Gasteiger partial charge >= 0.3 is 16.3 Å². The fraction of sp³-hybridized carbons (Fsp3) is 0.778. The molecule has 0 aliphatic heterocycles. The Hall–Kier alpha value is -1.35. The van der Waals surface area contributed by atoms with Gasteiger partial charge in [0.1, 0.15) is 5.84 Å². The predicted molar refractivity (Wildman–Crippen MR) is 67.4 cm³/mol. The highest BCUT2D eigenvalue weighted by Gasteiger charge is 2.22.